The van der Waals surface area contributed by atoms with Gasteiger partial charge in [0.25, 0.3) is 0 Å². The third kappa shape index (κ3) is 3.96. The molecule has 0 N–H and O–H groups in total. The van der Waals surface area contributed by atoms with Crippen LogP contribution in [0.1, 0.15) is 30.5 Å². The number of rotatable bonds is 4. The molecule has 2 nitrogen and oxygen atoms in total. The molecule has 0 aliphatic carbocycles. The Bertz CT molecular complexity index is 691. The Morgan fingerprint density at radius 2 is 1.46 bits per heavy atom. The van der Waals surface area contributed by atoms with Gasteiger partial charge in [0.2, 0.25) is 5.91 Å². The van der Waals surface area contributed by atoms with Gasteiger partial charge in [-0.15, -0.1) is 0 Å². The van der Waals surface area contributed by atoms with E-state index in [0.717, 1.165) is 17.7 Å². The van der Waals surface area contributed by atoms with Crippen LogP contribution in [0.5, 0.6) is 0 Å². The Morgan fingerprint density at radius 3 is 1.96 bits per heavy atom. The lowest BCUT2D eigenvalue weighted by atomic mass is 9.83. The van der Waals surface area contributed by atoms with Gasteiger partial charge in [0.15, 0.2) is 0 Å². The van der Waals surface area contributed by atoms with Crippen LogP contribution < -0.4 is 0 Å². The molecule has 0 fully saturated rings. The SMILES string of the molecule is CN(Cc1ccc(C(F)(F)F)cc1)C(=O)C(C)(C)c1ccccc1. The van der Waals surface area contributed by atoms with Gasteiger partial charge in [-0.2, -0.15) is 13.2 Å². The van der Waals surface area contributed by atoms with Gasteiger partial charge in [-0.25, -0.2) is 0 Å². The number of amides is 1. The fourth-order valence-electron chi connectivity index (χ4n) is 2.60. The van der Waals surface area contributed by atoms with Gasteiger partial charge >= 0.3 is 6.18 Å². The van der Waals surface area contributed by atoms with E-state index in [1.165, 1.54) is 17.0 Å². The lowest BCUT2D eigenvalue weighted by Gasteiger charge is -2.30. The van der Waals surface area contributed by atoms with Gasteiger partial charge in [-0.3, -0.25) is 4.79 Å². The van der Waals surface area contributed by atoms with E-state index in [4.69, 9.17) is 0 Å². The molecule has 0 saturated heterocycles. The summed E-state index contributed by atoms with van der Waals surface area (Å²) >= 11 is 0. The molecule has 5 heteroatoms. The summed E-state index contributed by atoms with van der Waals surface area (Å²) in [5.74, 6) is -0.0893. The second kappa shape index (κ2) is 6.67. The molecule has 0 unspecified atom stereocenters. The highest BCUT2D eigenvalue weighted by molar-refractivity contribution is 5.87. The molecule has 0 saturated carbocycles. The first-order valence-corrected chi connectivity index (χ1v) is 7.59. The summed E-state index contributed by atoms with van der Waals surface area (Å²) in [6.07, 6.45) is -4.35. The predicted octanol–water partition coefficient (Wildman–Crippen LogP) is 4.64. The summed E-state index contributed by atoms with van der Waals surface area (Å²) in [7, 11) is 1.66. The van der Waals surface area contributed by atoms with E-state index in [0.29, 0.717) is 5.56 Å². The molecular weight excluding hydrogens is 315 g/mol. The van der Waals surface area contributed by atoms with E-state index in [2.05, 4.69) is 0 Å². The molecule has 0 heterocycles. The van der Waals surface area contributed by atoms with Crippen LogP contribution in [0.15, 0.2) is 54.6 Å². The second-order valence-electron chi connectivity index (χ2n) is 6.35. The fourth-order valence-corrected chi connectivity index (χ4v) is 2.60. The Kier molecular flexibility index (Phi) is 5.02. The van der Waals surface area contributed by atoms with Crippen LogP contribution in [-0.2, 0) is 22.9 Å². The van der Waals surface area contributed by atoms with Crippen molar-refractivity contribution in [1.29, 1.82) is 0 Å². The number of hydrogen-bond acceptors (Lipinski definition) is 1. The van der Waals surface area contributed by atoms with E-state index in [9.17, 15) is 18.0 Å². The lowest BCUT2D eigenvalue weighted by Crippen LogP contribution is -2.40. The molecule has 0 spiro atoms. The molecule has 0 bridgehead atoms. The van der Waals surface area contributed by atoms with Crippen LogP contribution in [0, 0.1) is 0 Å². The van der Waals surface area contributed by atoms with Gasteiger partial charge in [0.1, 0.15) is 0 Å². The van der Waals surface area contributed by atoms with Crippen molar-refractivity contribution in [3.8, 4) is 0 Å². The van der Waals surface area contributed by atoms with Crippen molar-refractivity contribution in [3.63, 3.8) is 0 Å². The topological polar surface area (TPSA) is 20.3 Å². The number of hydrogen-bond donors (Lipinski definition) is 0. The van der Waals surface area contributed by atoms with Crippen molar-refractivity contribution in [2.24, 2.45) is 0 Å². The first-order chi connectivity index (χ1) is 11.1. The first-order valence-electron chi connectivity index (χ1n) is 7.59. The molecule has 0 atom stereocenters. The quantitative estimate of drug-likeness (QED) is 0.797. The summed E-state index contributed by atoms with van der Waals surface area (Å²) in [5, 5.41) is 0. The zero-order chi connectivity index (χ0) is 18.0. The predicted molar refractivity (Wildman–Crippen MR) is 87.4 cm³/mol. The molecule has 0 aromatic heterocycles. The molecule has 128 valence electrons. The monoisotopic (exact) mass is 335 g/mol. The Balaban J connectivity index is 2.11. The molecule has 24 heavy (non-hydrogen) atoms. The smallest absolute Gasteiger partial charge is 0.341 e. The summed E-state index contributed by atoms with van der Waals surface area (Å²) in [6, 6.07) is 14.3. The van der Waals surface area contributed by atoms with Gasteiger partial charge in [0, 0.05) is 13.6 Å². The van der Waals surface area contributed by atoms with Crippen LogP contribution in [-0.4, -0.2) is 17.9 Å². The highest BCUT2D eigenvalue weighted by Crippen LogP contribution is 2.30. The number of nitrogens with zero attached hydrogens (tertiary/aromatic N) is 1. The average molecular weight is 335 g/mol. The van der Waals surface area contributed by atoms with Gasteiger partial charge in [0.05, 0.1) is 11.0 Å². The van der Waals surface area contributed by atoms with Gasteiger partial charge < -0.3 is 4.90 Å². The molecule has 0 radical (unpaired) electrons. The maximum atomic E-state index is 12.7. The minimum absolute atomic E-state index is 0.0893. The fraction of sp³-hybridized carbons (Fsp3) is 0.316. The van der Waals surface area contributed by atoms with Crippen LogP contribution >= 0.6 is 0 Å². The maximum Gasteiger partial charge on any atom is 0.416 e. The Labute approximate surface area is 139 Å². The Hall–Kier alpha value is -2.30. The van der Waals surface area contributed by atoms with E-state index >= 15 is 0 Å². The molecule has 2 rings (SSSR count). The van der Waals surface area contributed by atoms with Crippen molar-refractivity contribution >= 4 is 5.91 Å². The number of carbonyl (C=O) groups excluding carboxylic acids is 1. The summed E-state index contributed by atoms with van der Waals surface area (Å²) < 4.78 is 37.8. The van der Waals surface area contributed by atoms with Crippen LogP contribution in [0.2, 0.25) is 0 Å². The number of benzene rings is 2. The third-order valence-electron chi connectivity index (χ3n) is 4.08. The number of halogens is 3. The minimum atomic E-state index is -4.35. The lowest BCUT2D eigenvalue weighted by molar-refractivity contribution is -0.138. The molecule has 2 aromatic carbocycles. The molecule has 1 amide bonds. The van der Waals surface area contributed by atoms with Crippen LogP contribution in [0.25, 0.3) is 0 Å². The van der Waals surface area contributed by atoms with Crippen LogP contribution in [0.4, 0.5) is 13.2 Å². The summed E-state index contributed by atoms with van der Waals surface area (Å²) in [4.78, 5) is 14.3. The van der Waals surface area contributed by atoms with Crippen molar-refractivity contribution in [2.45, 2.75) is 32.0 Å². The van der Waals surface area contributed by atoms with Crippen molar-refractivity contribution < 1.29 is 18.0 Å². The van der Waals surface area contributed by atoms with E-state index in [1.807, 2.05) is 44.2 Å². The normalized spacial score (nSPS) is 12.1. The minimum Gasteiger partial charge on any atom is -0.341 e. The highest BCUT2D eigenvalue weighted by atomic mass is 19.4. The Morgan fingerprint density at radius 1 is 0.917 bits per heavy atom. The van der Waals surface area contributed by atoms with Crippen molar-refractivity contribution in [3.05, 3.63) is 71.3 Å². The zero-order valence-electron chi connectivity index (χ0n) is 13.9. The van der Waals surface area contributed by atoms with Crippen molar-refractivity contribution in [1.82, 2.24) is 4.90 Å². The number of carbonyl (C=O) groups is 1. The molecular formula is C19H20F3NO. The van der Waals surface area contributed by atoms with Crippen molar-refractivity contribution in [2.75, 3.05) is 7.05 Å². The second-order valence-corrected chi connectivity index (χ2v) is 6.35. The van der Waals surface area contributed by atoms with Gasteiger partial charge in [-0.1, -0.05) is 42.5 Å². The van der Waals surface area contributed by atoms with E-state index in [-0.39, 0.29) is 12.5 Å². The molecule has 0 aliphatic heterocycles. The summed E-state index contributed by atoms with van der Waals surface area (Å²) in [6.45, 7) is 3.94. The maximum absolute atomic E-state index is 12.7. The highest BCUT2D eigenvalue weighted by Gasteiger charge is 2.33. The van der Waals surface area contributed by atoms with Crippen LogP contribution in [0.3, 0.4) is 0 Å². The summed E-state index contributed by atoms with van der Waals surface area (Å²) in [5.41, 5.74) is 0.156. The standard InChI is InChI=1S/C19H20F3NO/c1-18(2,15-7-5-4-6-8-15)17(24)23(3)13-14-9-11-16(12-10-14)19(20,21)22/h4-12H,13H2,1-3H3. The van der Waals surface area contributed by atoms with Gasteiger partial charge in [-0.05, 0) is 37.1 Å². The molecule has 0 aliphatic rings. The average Bonchev–Trinajstić information content (AvgIpc) is 2.54. The van der Waals surface area contributed by atoms with E-state index in [1.54, 1.807) is 7.05 Å². The third-order valence-corrected chi connectivity index (χ3v) is 4.08. The first kappa shape index (κ1) is 18.0. The van der Waals surface area contributed by atoms with E-state index < -0.39 is 17.2 Å². The number of alkyl halides is 3. The molecule has 2 aromatic rings. The number of likely N-dealkylation sites (N-methyl/N-ethyl adjacent to an activating group) is 1. The zero-order valence-corrected chi connectivity index (χ0v) is 13.9. The largest absolute Gasteiger partial charge is 0.416 e.